The van der Waals surface area contributed by atoms with E-state index >= 15 is 0 Å². The number of nitrogens with one attached hydrogen (secondary N) is 2. The summed E-state index contributed by atoms with van der Waals surface area (Å²) in [6.07, 6.45) is 2.07. The molecule has 5 nitrogen and oxygen atoms in total. The van der Waals surface area contributed by atoms with Crippen molar-refractivity contribution in [1.82, 2.24) is 5.32 Å². The van der Waals surface area contributed by atoms with Crippen LogP contribution in [0.2, 0.25) is 0 Å². The number of anilines is 1. The number of hydrogen-bond donors (Lipinski definition) is 2. The lowest BCUT2D eigenvalue weighted by Gasteiger charge is -2.23. The molecule has 0 heterocycles. The van der Waals surface area contributed by atoms with Crippen molar-refractivity contribution in [2.75, 3.05) is 12.4 Å². The summed E-state index contributed by atoms with van der Waals surface area (Å²) in [5.41, 5.74) is 3.83. The van der Waals surface area contributed by atoms with Crippen LogP contribution in [0.15, 0.2) is 54.6 Å². The van der Waals surface area contributed by atoms with E-state index in [1.807, 2.05) is 32.0 Å². The fraction of sp³-hybridized carbons (Fsp3) is 0.280. The first kappa shape index (κ1) is 20.0. The second-order valence-electron chi connectivity index (χ2n) is 8.00. The number of benzene rings is 3. The van der Waals surface area contributed by atoms with Crippen LogP contribution in [0, 0.1) is 5.92 Å². The molecule has 1 unspecified atom stereocenters. The number of amides is 2. The molecule has 5 heteroatoms. The number of hydrogen-bond acceptors (Lipinski definition) is 3. The summed E-state index contributed by atoms with van der Waals surface area (Å²) in [4.78, 5) is 26.0. The van der Waals surface area contributed by atoms with Crippen LogP contribution in [-0.4, -0.2) is 25.0 Å². The van der Waals surface area contributed by atoms with Gasteiger partial charge in [-0.2, -0.15) is 0 Å². The molecule has 1 aliphatic carbocycles. The normalized spacial score (nSPS) is 13.3. The van der Waals surface area contributed by atoms with Crippen LogP contribution in [-0.2, 0) is 17.6 Å². The summed E-state index contributed by atoms with van der Waals surface area (Å²) in [6.45, 7) is 3.83. The van der Waals surface area contributed by atoms with Gasteiger partial charge in [-0.05, 0) is 53.5 Å². The molecule has 3 aromatic rings. The van der Waals surface area contributed by atoms with Crippen LogP contribution < -0.4 is 15.4 Å². The highest BCUT2D eigenvalue weighted by Gasteiger charge is 2.27. The van der Waals surface area contributed by atoms with E-state index in [9.17, 15) is 9.59 Å². The second-order valence-corrected chi connectivity index (χ2v) is 8.00. The van der Waals surface area contributed by atoms with Gasteiger partial charge in [0.2, 0.25) is 5.91 Å². The molecule has 0 aliphatic heterocycles. The average molecular weight is 402 g/mol. The highest BCUT2D eigenvalue weighted by molar-refractivity contribution is 6.08. The van der Waals surface area contributed by atoms with Crippen molar-refractivity contribution >= 4 is 28.3 Å². The van der Waals surface area contributed by atoms with E-state index in [4.69, 9.17) is 4.74 Å². The van der Waals surface area contributed by atoms with Crippen LogP contribution in [0.4, 0.5) is 5.69 Å². The number of rotatable bonds is 6. The Hall–Kier alpha value is -3.34. The summed E-state index contributed by atoms with van der Waals surface area (Å²) >= 11 is 0. The van der Waals surface area contributed by atoms with Crippen LogP contribution in [0.25, 0.3) is 10.8 Å². The van der Waals surface area contributed by atoms with Gasteiger partial charge in [0.05, 0.1) is 12.7 Å². The molecule has 1 aliphatic rings. The highest BCUT2D eigenvalue weighted by Crippen LogP contribution is 2.35. The third-order valence-electron chi connectivity index (χ3n) is 5.72. The average Bonchev–Trinajstić information content (AvgIpc) is 3.18. The van der Waals surface area contributed by atoms with Crippen molar-refractivity contribution < 1.29 is 14.3 Å². The van der Waals surface area contributed by atoms with Crippen LogP contribution >= 0.6 is 0 Å². The maximum absolute atomic E-state index is 13.1. The molecule has 0 spiro atoms. The molecule has 0 saturated heterocycles. The van der Waals surface area contributed by atoms with Crippen LogP contribution in [0.1, 0.15) is 35.3 Å². The van der Waals surface area contributed by atoms with E-state index < -0.39 is 6.04 Å². The molecule has 0 bridgehead atoms. The third-order valence-corrected chi connectivity index (χ3v) is 5.72. The number of carbonyl (C=O) groups is 2. The summed E-state index contributed by atoms with van der Waals surface area (Å²) in [5.74, 6) is -0.167. The van der Waals surface area contributed by atoms with Gasteiger partial charge in [-0.25, -0.2) is 0 Å². The highest BCUT2D eigenvalue weighted by atomic mass is 16.5. The summed E-state index contributed by atoms with van der Waals surface area (Å²) in [5, 5.41) is 8.22. The van der Waals surface area contributed by atoms with Crippen molar-refractivity contribution in [3.8, 4) is 5.75 Å². The van der Waals surface area contributed by atoms with Gasteiger partial charge in [-0.1, -0.05) is 50.2 Å². The van der Waals surface area contributed by atoms with Gasteiger partial charge in [0.25, 0.3) is 5.91 Å². The Kier molecular flexibility index (Phi) is 5.44. The fourth-order valence-electron chi connectivity index (χ4n) is 4.15. The monoisotopic (exact) mass is 402 g/mol. The topological polar surface area (TPSA) is 67.4 Å². The van der Waals surface area contributed by atoms with Crippen LogP contribution in [0.3, 0.4) is 0 Å². The van der Waals surface area contributed by atoms with Gasteiger partial charge in [-0.3, -0.25) is 9.59 Å². The molecule has 0 aromatic heterocycles. The summed E-state index contributed by atoms with van der Waals surface area (Å²) < 4.78 is 5.28. The third kappa shape index (κ3) is 3.63. The largest absolute Gasteiger partial charge is 0.496 e. The van der Waals surface area contributed by atoms with E-state index in [0.717, 1.165) is 23.9 Å². The Labute approximate surface area is 176 Å². The van der Waals surface area contributed by atoms with Crippen molar-refractivity contribution in [3.05, 3.63) is 71.3 Å². The van der Waals surface area contributed by atoms with Gasteiger partial charge in [0.1, 0.15) is 11.8 Å². The van der Waals surface area contributed by atoms with E-state index in [0.29, 0.717) is 11.3 Å². The lowest BCUT2D eigenvalue weighted by molar-refractivity contribution is -0.118. The standard InChI is InChI=1S/C25H26N2O3/c1-15(2)23(27-24(28)19-8-4-5-10-21(19)30-3)25(29)26-20-14-13-17-12-11-16-7-6-9-18(20)22(16)17/h4-10,13-15,23H,11-12H2,1-3H3,(H,26,29)(H,27,28). The minimum atomic E-state index is -0.676. The molecule has 0 radical (unpaired) electrons. The van der Waals surface area contributed by atoms with Crippen molar-refractivity contribution in [3.63, 3.8) is 0 Å². The molecule has 3 aromatic carbocycles. The first-order chi connectivity index (χ1) is 14.5. The first-order valence-corrected chi connectivity index (χ1v) is 10.3. The Morgan fingerprint density at radius 3 is 2.40 bits per heavy atom. The van der Waals surface area contributed by atoms with E-state index in [-0.39, 0.29) is 17.7 Å². The molecular formula is C25H26N2O3. The number of carbonyl (C=O) groups excluding carboxylic acids is 2. The Morgan fingerprint density at radius 1 is 0.933 bits per heavy atom. The smallest absolute Gasteiger partial charge is 0.255 e. The Bertz CT molecular complexity index is 1110. The zero-order valence-electron chi connectivity index (χ0n) is 17.5. The maximum atomic E-state index is 13.1. The van der Waals surface area contributed by atoms with Crippen molar-refractivity contribution in [2.45, 2.75) is 32.7 Å². The summed E-state index contributed by atoms with van der Waals surface area (Å²) in [7, 11) is 1.52. The van der Waals surface area contributed by atoms with E-state index in [2.05, 4.69) is 22.8 Å². The lowest BCUT2D eigenvalue weighted by Crippen LogP contribution is -2.47. The van der Waals surface area contributed by atoms with Crippen LogP contribution in [0.5, 0.6) is 5.75 Å². The number of aryl methyl sites for hydroxylation is 2. The number of methoxy groups -OCH3 is 1. The van der Waals surface area contributed by atoms with Crippen molar-refractivity contribution in [2.24, 2.45) is 5.92 Å². The number of ether oxygens (including phenoxy) is 1. The molecule has 154 valence electrons. The molecule has 30 heavy (non-hydrogen) atoms. The predicted octanol–water partition coefficient (Wildman–Crippen LogP) is 4.34. The minimum Gasteiger partial charge on any atom is -0.496 e. The molecule has 0 saturated carbocycles. The van der Waals surface area contributed by atoms with E-state index in [1.165, 1.54) is 23.6 Å². The van der Waals surface area contributed by atoms with Crippen molar-refractivity contribution in [1.29, 1.82) is 0 Å². The fourth-order valence-corrected chi connectivity index (χ4v) is 4.15. The molecule has 1 atom stereocenters. The van der Waals surface area contributed by atoms with Gasteiger partial charge in [0, 0.05) is 11.1 Å². The van der Waals surface area contributed by atoms with Gasteiger partial charge >= 0.3 is 0 Å². The molecular weight excluding hydrogens is 376 g/mol. The molecule has 2 amide bonds. The Morgan fingerprint density at radius 2 is 1.67 bits per heavy atom. The molecule has 0 fully saturated rings. The SMILES string of the molecule is COc1ccccc1C(=O)NC(C(=O)Nc1ccc2c3c(cccc13)CC2)C(C)C. The maximum Gasteiger partial charge on any atom is 0.255 e. The predicted molar refractivity (Wildman–Crippen MR) is 119 cm³/mol. The second kappa shape index (κ2) is 8.19. The lowest BCUT2D eigenvalue weighted by atomic mass is 10.0. The molecule has 2 N–H and O–H groups in total. The molecule has 4 rings (SSSR count). The Balaban J connectivity index is 1.58. The first-order valence-electron chi connectivity index (χ1n) is 10.3. The summed E-state index contributed by atoms with van der Waals surface area (Å²) in [6, 6.07) is 16.6. The van der Waals surface area contributed by atoms with Gasteiger partial charge < -0.3 is 15.4 Å². The van der Waals surface area contributed by atoms with Gasteiger partial charge in [0.15, 0.2) is 0 Å². The van der Waals surface area contributed by atoms with E-state index in [1.54, 1.807) is 24.3 Å². The zero-order valence-corrected chi connectivity index (χ0v) is 17.5. The minimum absolute atomic E-state index is 0.0829. The quantitative estimate of drug-likeness (QED) is 0.645. The number of para-hydroxylation sites is 1. The zero-order chi connectivity index (χ0) is 21.3. The van der Waals surface area contributed by atoms with Gasteiger partial charge in [-0.15, -0.1) is 0 Å².